The van der Waals surface area contributed by atoms with Crippen LogP contribution in [-0.2, 0) is 16.8 Å². The van der Waals surface area contributed by atoms with Gasteiger partial charge in [-0.25, -0.2) is 0 Å². The Morgan fingerprint density at radius 3 is 2.30 bits per heavy atom. The first kappa shape index (κ1) is 15.6. The second-order valence-electron chi connectivity index (χ2n) is 6.06. The molecule has 116 valence electrons. The molecule has 0 radical (unpaired) electrons. The number of likely N-dealkylation sites (N-methyl/N-ethyl adjacent to an activating group) is 1. The van der Waals surface area contributed by atoms with Crippen LogP contribution in [0, 0.1) is 11.3 Å². The molecule has 1 fully saturated rings. The molecule has 1 aliphatic rings. The van der Waals surface area contributed by atoms with Gasteiger partial charge in [-0.2, -0.15) is 5.26 Å². The zero-order valence-electron chi connectivity index (χ0n) is 12.9. The minimum atomic E-state index is -0.383. The fourth-order valence-corrected chi connectivity index (χ4v) is 3.04. The number of carbonyl (C=O) groups is 1. The van der Waals surface area contributed by atoms with Gasteiger partial charge in [0.25, 0.3) is 0 Å². The molecular formula is C19H17ClN2O. The Kier molecular flexibility index (Phi) is 4.11. The van der Waals surface area contributed by atoms with Crippen LogP contribution >= 0.6 is 11.6 Å². The molecule has 0 spiro atoms. The van der Waals surface area contributed by atoms with Crippen LogP contribution in [0.3, 0.4) is 0 Å². The predicted molar refractivity (Wildman–Crippen MR) is 90.0 cm³/mol. The van der Waals surface area contributed by atoms with Crippen LogP contribution in [0.1, 0.15) is 29.5 Å². The van der Waals surface area contributed by atoms with Crippen LogP contribution in [0.4, 0.5) is 0 Å². The quantitative estimate of drug-likeness (QED) is 0.856. The maximum Gasteiger partial charge on any atom is 0.233 e. The number of hydrogen-bond acceptors (Lipinski definition) is 2. The Bertz CT molecular complexity index is 755. The summed E-state index contributed by atoms with van der Waals surface area (Å²) in [5.41, 5.74) is 2.30. The molecule has 1 amide bonds. The maximum absolute atomic E-state index is 12.9. The summed E-state index contributed by atoms with van der Waals surface area (Å²) in [6.07, 6.45) is 1.76. The number of benzene rings is 2. The van der Waals surface area contributed by atoms with Crippen molar-refractivity contribution in [3.8, 4) is 6.07 Å². The van der Waals surface area contributed by atoms with E-state index >= 15 is 0 Å². The van der Waals surface area contributed by atoms with Gasteiger partial charge in [0.05, 0.1) is 17.0 Å². The topological polar surface area (TPSA) is 44.1 Å². The molecule has 1 aliphatic carbocycles. The minimum Gasteiger partial charge on any atom is -0.341 e. The van der Waals surface area contributed by atoms with Crippen molar-refractivity contribution in [3.63, 3.8) is 0 Å². The van der Waals surface area contributed by atoms with Gasteiger partial charge < -0.3 is 4.90 Å². The van der Waals surface area contributed by atoms with Crippen LogP contribution in [0.25, 0.3) is 0 Å². The summed E-state index contributed by atoms with van der Waals surface area (Å²) in [5, 5.41) is 9.52. The number of nitrogens with zero attached hydrogens (tertiary/aromatic N) is 2. The Morgan fingerprint density at radius 1 is 1.17 bits per heavy atom. The summed E-state index contributed by atoms with van der Waals surface area (Å²) in [5.74, 6) is 0.143. The Hall–Kier alpha value is -2.31. The number of nitriles is 1. The van der Waals surface area contributed by atoms with Crippen molar-refractivity contribution >= 4 is 17.5 Å². The van der Waals surface area contributed by atoms with E-state index in [1.807, 2.05) is 43.4 Å². The van der Waals surface area contributed by atoms with Gasteiger partial charge in [-0.3, -0.25) is 4.79 Å². The molecule has 1 saturated carbocycles. The van der Waals surface area contributed by atoms with Crippen molar-refractivity contribution in [1.29, 1.82) is 5.26 Å². The number of halogens is 1. The van der Waals surface area contributed by atoms with E-state index in [-0.39, 0.29) is 11.3 Å². The standard InChI is InChI=1S/C19H17ClN2O/c1-22(13-15-4-2-14(12-21)3-5-15)18(23)19(10-11-19)16-6-8-17(20)9-7-16/h2-9H,10-11,13H2,1H3. The zero-order valence-corrected chi connectivity index (χ0v) is 13.7. The smallest absolute Gasteiger partial charge is 0.233 e. The molecule has 0 heterocycles. The maximum atomic E-state index is 12.9. The van der Waals surface area contributed by atoms with E-state index in [1.165, 1.54) is 0 Å². The molecule has 3 nitrogen and oxygen atoms in total. The van der Waals surface area contributed by atoms with Gasteiger partial charge in [0.15, 0.2) is 0 Å². The van der Waals surface area contributed by atoms with E-state index in [0.717, 1.165) is 24.0 Å². The van der Waals surface area contributed by atoms with Gasteiger partial charge >= 0.3 is 0 Å². The fraction of sp³-hybridized carbons (Fsp3) is 0.263. The second-order valence-corrected chi connectivity index (χ2v) is 6.50. The third-order valence-electron chi connectivity index (χ3n) is 4.41. The molecule has 0 atom stereocenters. The van der Waals surface area contributed by atoms with Crippen molar-refractivity contribution < 1.29 is 4.79 Å². The Labute approximate surface area is 141 Å². The first-order chi connectivity index (χ1) is 11.0. The molecule has 0 aromatic heterocycles. The van der Waals surface area contributed by atoms with Gasteiger partial charge in [-0.1, -0.05) is 35.9 Å². The van der Waals surface area contributed by atoms with E-state index in [2.05, 4.69) is 6.07 Å². The summed E-state index contributed by atoms with van der Waals surface area (Å²) >= 11 is 5.94. The number of amides is 1. The predicted octanol–water partition coefficient (Wildman–Crippen LogP) is 3.90. The lowest BCUT2D eigenvalue weighted by Crippen LogP contribution is -2.36. The first-order valence-electron chi connectivity index (χ1n) is 7.56. The molecule has 23 heavy (non-hydrogen) atoms. The van der Waals surface area contributed by atoms with Crippen molar-refractivity contribution in [2.75, 3.05) is 7.05 Å². The largest absolute Gasteiger partial charge is 0.341 e. The molecule has 3 rings (SSSR count). The highest BCUT2D eigenvalue weighted by atomic mass is 35.5. The average Bonchev–Trinajstić information content (AvgIpc) is 3.37. The summed E-state index contributed by atoms with van der Waals surface area (Å²) in [4.78, 5) is 14.6. The third kappa shape index (κ3) is 3.09. The van der Waals surface area contributed by atoms with Crippen molar-refractivity contribution in [1.82, 2.24) is 4.90 Å². The number of rotatable bonds is 4. The number of hydrogen-bond donors (Lipinski definition) is 0. The zero-order chi connectivity index (χ0) is 16.4. The van der Waals surface area contributed by atoms with Gasteiger partial charge in [-0.05, 0) is 48.2 Å². The lowest BCUT2D eigenvalue weighted by Gasteiger charge is -2.24. The fourth-order valence-electron chi connectivity index (χ4n) is 2.92. The van der Waals surface area contributed by atoms with Crippen molar-refractivity contribution in [2.24, 2.45) is 0 Å². The summed E-state index contributed by atoms with van der Waals surface area (Å²) in [7, 11) is 1.83. The van der Waals surface area contributed by atoms with Gasteiger partial charge in [0, 0.05) is 18.6 Å². The molecule has 2 aromatic carbocycles. The van der Waals surface area contributed by atoms with Crippen LogP contribution in [0.15, 0.2) is 48.5 Å². The summed E-state index contributed by atoms with van der Waals surface area (Å²) in [6.45, 7) is 0.542. The van der Waals surface area contributed by atoms with E-state index in [4.69, 9.17) is 16.9 Å². The highest BCUT2D eigenvalue weighted by Gasteiger charge is 2.52. The molecule has 0 aliphatic heterocycles. The molecule has 0 bridgehead atoms. The summed E-state index contributed by atoms with van der Waals surface area (Å²) in [6, 6.07) is 17.0. The van der Waals surface area contributed by atoms with Crippen LogP contribution < -0.4 is 0 Å². The van der Waals surface area contributed by atoms with Crippen LogP contribution in [0.5, 0.6) is 0 Å². The monoisotopic (exact) mass is 324 g/mol. The van der Waals surface area contributed by atoms with E-state index in [0.29, 0.717) is 17.1 Å². The highest BCUT2D eigenvalue weighted by Crippen LogP contribution is 2.49. The molecule has 0 N–H and O–H groups in total. The molecule has 0 unspecified atom stereocenters. The van der Waals surface area contributed by atoms with Crippen molar-refractivity contribution in [2.45, 2.75) is 24.8 Å². The molecule has 0 saturated heterocycles. The van der Waals surface area contributed by atoms with Crippen molar-refractivity contribution in [3.05, 3.63) is 70.2 Å². The van der Waals surface area contributed by atoms with Gasteiger partial charge in [0.1, 0.15) is 0 Å². The minimum absolute atomic E-state index is 0.143. The summed E-state index contributed by atoms with van der Waals surface area (Å²) < 4.78 is 0. The lowest BCUT2D eigenvalue weighted by molar-refractivity contribution is -0.133. The molecule has 2 aromatic rings. The van der Waals surface area contributed by atoms with Gasteiger partial charge in [-0.15, -0.1) is 0 Å². The first-order valence-corrected chi connectivity index (χ1v) is 7.94. The second kappa shape index (κ2) is 6.06. The van der Waals surface area contributed by atoms with E-state index in [1.54, 1.807) is 17.0 Å². The number of carbonyl (C=O) groups excluding carboxylic acids is 1. The highest BCUT2D eigenvalue weighted by molar-refractivity contribution is 6.30. The van der Waals surface area contributed by atoms with E-state index in [9.17, 15) is 4.79 Å². The van der Waals surface area contributed by atoms with Crippen LogP contribution in [0.2, 0.25) is 5.02 Å². The lowest BCUT2D eigenvalue weighted by atomic mass is 9.94. The van der Waals surface area contributed by atoms with Gasteiger partial charge in [0.2, 0.25) is 5.91 Å². The average molecular weight is 325 g/mol. The normalized spacial score (nSPS) is 14.8. The SMILES string of the molecule is CN(Cc1ccc(C#N)cc1)C(=O)C1(c2ccc(Cl)cc2)CC1. The van der Waals surface area contributed by atoms with Crippen LogP contribution in [-0.4, -0.2) is 17.9 Å². The third-order valence-corrected chi connectivity index (χ3v) is 4.66. The Balaban J connectivity index is 1.74. The Morgan fingerprint density at radius 2 is 1.78 bits per heavy atom. The molecule has 4 heteroatoms. The van der Waals surface area contributed by atoms with E-state index < -0.39 is 0 Å². The molecular weight excluding hydrogens is 308 g/mol.